The third kappa shape index (κ3) is 5.11. The summed E-state index contributed by atoms with van der Waals surface area (Å²) in [5.41, 5.74) is 0.284. The van der Waals surface area contributed by atoms with Crippen molar-refractivity contribution in [2.24, 2.45) is 0 Å². The van der Waals surface area contributed by atoms with Gasteiger partial charge in [0.25, 0.3) is 5.17 Å². The van der Waals surface area contributed by atoms with Gasteiger partial charge in [0.05, 0.1) is 22.7 Å². The van der Waals surface area contributed by atoms with Gasteiger partial charge in [-0.15, -0.1) is 0 Å². The van der Waals surface area contributed by atoms with Crippen molar-refractivity contribution in [3.63, 3.8) is 0 Å². The number of hydrogen-bond acceptors (Lipinski definition) is 4. The number of esters is 1. The number of benzene rings is 1. The lowest BCUT2D eigenvalue weighted by molar-refractivity contribution is 0.0600. The molecule has 0 atom stereocenters. The maximum Gasteiger partial charge on any atom is 0.337 e. The molecule has 0 heterocycles. The van der Waals surface area contributed by atoms with Crippen LogP contribution in [0.2, 0.25) is 10.0 Å². The fourth-order valence-electron chi connectivity index (χ4n) is 4.35. The monoisotopic (exact) mass is 443 g/mol. The second kappa shape index (κ2) is 10.1. The van der Waals surface area contributed by atoms with Crippen molar-refractivity contribution >= 4 is 46.6 Å². The first-order valence-electron chi connectivity index (χ1n) is 10.1. The number of halogens is 2. The maximum absolute atomic E-state index is 11.8. The number of hydrogen-bond donors (Lipinski definition) is 0. The van der Waals surface area contributed by atoms with Gasteiger partial charge in [0, 0.05) is 12.1 Å². The molecule has 2 aliphatic carbocycles. The van der Waals surface area contributed by atoms with E-state index < -0.39 is 5.97 Å². The van der Waals surface area contributed by atoms with Gasteiger partial charge >= 0.3 is 5.97 Å². The maximum atomic E-state index is 11.8. The summed E-state index contributed by atoms with van der Waals surface area (Å²) < 4.78 is 10.8. The van der Waals surface area contributed by atoms with E-state index in [4.69, 9.17) is 44.9 Å². The molecular formula is C21H27Cl2NO3S. The zero-order chi connectivity index (χ0) is 20.1. The average molecular weight is 444 g/mol. The smallest absolute Gasteiger partial charge is 0.337 e. The van der Waals surface area contributed by atoms with Crippen molar-refractivity contribution in [1.82, 2.24) is 4.90 Å². The number of carbonyl (C=O) groups excluding carboxylic acids is 1. The zero-order valence-electron chi connectivity index (χ0n) is 16.2. The molecule has 154 valence electrons. The van der Waals surface area contributed by atoms with Gasteiger partial charge in [-0.3, -0.25) is 0 Å². The minimum atomic E-state index is -0.496. The van der Waals surface area contributed by atoms with Crippen LogP contribution in [0.25, 0.3) is 0 Å². The molecule has 2 fully saturated rings. The van der Waals surface area contributed by atoms with Crippen LogP contribution in [0.1, 0.15) is 74.6 Å². The molecule has 0 bridgehead atoms. The van der Waals surface area contributed by atoms with Crippen LogP contribution in [0.15, 0.2) is 12.1 Å². The largest absolute Gasteiger partial charge is 0.465 e. The number of methoxy groups -OCH3 is 1. The third-order valence-electron chi connectivity index (χ3n) is 5.76. The minimum Gasteiger partial charge on any atom is -0.465 e. The Bertz CT molecular complexity index is 675. The summed E-state index contributed by atoms with van der Waals surface area (Å²) in [5.74, 6) is -0.193. The summed E-state index contributed by atoms with van der Waals surface area (Å²) >= 11 is 18.5. The fraction of sp³-hybridized carbons (Fsp3) is 0.619. The van der Waals surface area contributed by atoms with Crippen LogP contribution in [0, 0.1) is 0 Å². The first-order valence-corrected chi connectivity index (χ1v) is 11.2. The molecule has 4 nitrogen and oxygen atoms in total. The molecule has 0 N–H and O–H groups in total. The van der Waals surface area contributed by atoms with Gasteiger partial charge in [-0.1, -0.05) is 61.7 Å². The van der Waals surface area contributed by atoms with E-state index in [1.807, 2.05) is 0 Å². The molecule has 0 saturated heterocycles. The van der Waals surface area contributed by atoms with E-state index in [1.165, 1.54) is 57.8 Å². The lowest BCUT2D eigenvalue weighted by Crippen LogP contribution is -2.49. The highest BCUT2D eigenvalue weighted by atomic mass is 35.5. The Morgan fingerprint density at radius 3 is 1.86 bits per heavy atom. The Balaban J connectivity index is 1.82. The first kappa shape index (κ1) is 21.7. The minimum absolute atomic E-state index is 0.252. The number of ether oxygens (including phenoxy) is 2. The normalized spacial score (nSPS) is 18.5. The van der Waals surface area contributed by atoms with E-state index in [0.717, 1.165) is 25.7 Å². The number of rotatable bonds is 4. The summed E-state index contributed by atoms with van der Waals surface area (Å²) in [5, 5.41) is 0.943. The summed E-state index contributed by atoms with van der Waals surface area (Å²) in [6, 6.07) is 3.83. The number of carbonyl (C=O) groups is 1. The van der Waals surface area contributed by atoms with Crippen molar-refractivity contribution in [3.05, 3.63) is 27.7 Å². The van der Waals surface area contributed by atoms with Gasteiger partial charge in [-0.25, -0.2) is 4.79 Å². The third-order valence-corrected chi connectivity index (χ3v) is 6.61. The highest BCUT2D eigenvalue weighted by Gasteiger charge is 2.32. The molecule has 2 aliphatic rings. The van der Waals surface area contributed by atoms with Crippen LogP contribution in [0.4, 0.5) is 0 Å². The van der Waals surface area contributed by atoms with Gasteiger partial charge in [0.15, 0.2) is 5.75 Å². The van der Waals surface area contributed by atoms with Crippen LogP contribution < -0.4 is 4.74 Å². The van der Waals surface area contributed by atoms with Crippen LogP contribution in [-0.2, 0) is 4.74 Å². The van der Waals surface area contributed by atoms with E-state index in [2.05, 4.69) is 4.90 Å². The Labute approximate surface area is 182 Å². The predicted octanol–water partition coefficient (Wildman–Crippen LogP) is 6.41. The SMILES string of the molecule is COC(=O)c1cc(Cl)c(OC(=S)N(C2CCCCC2)C2CCCCC2)c(Cl)c1. The second-order valence-electron chi connectivity index (χ2n) is 7.62. The molecule has 0 aromatic heterocycles. The molecule has 1 aromatic rings. The zero-order valence-corrected chi connectivity index (χ0v) is 18.5. The molecular weight excluding hydrogens is 417 g/mol. The number of nitrogens with zero attached hydrogens (tertiary/aromatic N) is 1. The lowest BCUT2D eigenvalue weighted by atomic mass is 9.89. The highest BCUT2D eigenvalue weighted by molar-refractivity contribution is 7.80. The van der Waals surface area contributed by atoms with Crippen LogP contribution >= 0.6 is 35.4 Å². The molecule has 0 radical (unpaired) electrons. The molecule has 3 rings (SSSR count). The standard InChI is InChI=1S/C21H27Cl2NO3S/c1-26-20(25)14-12-17(22)19(18(23)13-14)27-21(28)24(15-8-4-2-5-9-15)16-10-6-3-7-11-16/h12-13,15-16H,2-11H2,1H3. The van der Waals surface area contributed by atoms with E-state index >= 15 is 0 Å². The molecule has 0 spiro atoms. The van der Waals surface area contributed by atoms with E-state index in [0.29, 0.717) is 23.0 Å². The summed E-state index contributed by atoms with van der Waals surface area (Å²) in [6.45, 7) is 0. The molecule has 0 unspecified atom stereocenters. The molecule has 0 amide bonds. The quantitative estimate of drug-likeness (QED) is 0.396. The van der Waals surface area contributed by atoms with E-state index in [9.17, 15) is 4.79 Å². The van der Waals surface area contributed by atoms with Crippen molar-refractivity contribution < 1.29 is 14.3 Å². The van der Waals surface area contributed by atoms with Gasteiger partial charge in [-0.2, -0.15) is 0 Å². The lowest BCUT2D eigenvalue weighted by Gasteiger charge is -2.42. The highest BCUT2D eigenvalue weighted by Crippen LogP contribution is 2.37. The summed E-state index contributed by atoms with van der Waals surface area (Å²) in [7, 11) is 1.32. The predicted molar refractivity (Wildman–Crippen MR) is 117 cm³/mol. The van der Waals surface area contributed by atoms with Crippen LogP contribution in [0.3, 0.4) is 0 Å². The molecule has 2 saturated carbocycles. The van der Waals surface area contributed by atoms with Gasteiger partial charge in [0.1, 0.15) is 0 Å². The molecule has 7 heteroatoms. The fourth-order valence-corrected chi connectivity index (χ4v) is 5.29. The van der Waals surface area contributed by atoms with E-state index in [-0.39, 0.29) is 15.6 Å². The molecule has 28 heavy (non-hydrogen) atoms. The Kier molecular flexibility index (Phi) is 7.84. The Morgan fingerprint density at radius 2 is 1.43 bits per heavy atom. The molecule has 1 aromatic carbocycles. The first-order chi connectivity index (χ1) is 13.5. The van der Waals surface area contributed by atoms with Crippen LogP contribution in [0.5, 0.6) is 5.75 Å². The van der Waals surface area contributed by atoms with Crippen molar-refractivity contribution in [2.75, 3.05) is 7.11 Å². The number of thiocarbonyl (C=S) groups is 1. The Morgan fingerprint density at radius 1 is 0.964 bits per heavy atom. The van der Waals surface area contributed by atoms with Gasteiger partial charge in [0.2, 0.25) is 0 Å². The second-order valence-corrected chi connectivity index (χ2v) is 8.78. The summed E-state index contributed by atoms with van der Waals surface area (Å²) in [4.78, 5) is 14.1. The van der Waals surface area contributed by atoms with Crippen molar-refractivity contribution in [1.29, 1.82) is 0 Å². The van der Waals surface area contributed by atoms with Gasteiger partial charge in [-0.05, 0) is 50.0 Å². The topological polar surface area (TPSA) is 38.8 Å². The van der Waals surface area contributed by atoms with Crippen molar-refractivity contribution in [2.45, 2.75) is 76.3 Å². The van der Waals surface area contributed by atoms with Crippen LogP contribution in [-0.4, -0.2) is 35.2 Å². The van der Waals surface area contributed by atoms with Crippen molar-refractivity contribution in [3.8, 4) is 5.75 Å². The van der Waals surface area contributed by atoms with Gasteiger partial charge < -0.3 is 14.4 Å². The molecule has 0 aliphatic heterocycles. The Hall–Kier alpha value is -1.04. The van der Waals surface area contributed by atoms with E-state index in [1.54, 1.807) is 0 Å². The average Bonchev–Trinajstić information content (AvgIpc) is 2.71. The summed E-state index contributed by atoms with van der Waals surface area (Å²) in [6.07, 6.45) is 12.1.